The Morgan fingerprint density at radius 2 is 1.48 bits per heavy atom. The molecule has 1 aliphatic rings. The molecule has 9 heteroatoms. The fourth-order valence-electron chi connectivity index (χ4n) is 4.39. The summed E-state index contributed by atoms with van der Waals surface area (Å²) in [5.74, 6) is -2.20. The SMILES string of the molecule is C=CCOC(=O)C1(c2ccc(-c3ccc(OCc4ccc(C(F)(F)F)c(OCC=C)c4C(=O)O)cc3)cc2)CC1. The third kappa shape index (κ3) is 6.03. The van der Waals surface area contributed by atoms with Crippen molar-refractivity contribution >= 4 is 11.9 Å². The molecule has 0 aliphatic heterocycles. The highest BCUT2D eigenvalue weighted by Gasteiger charge is 2.52. The minimum atomic E-state index is -4.80. The Hall–Kier alpha value is -4.53. The maximum Gasteiger partial charge on any atom is 0.419 e. The number of alkyl halides is 3. The summed E-state index contributed by atoms with van der Waals surface area (Å²) >= 11 is 0. The summed E-state index contributed by atoms with van der Waals surface area (Å²) in [5.41, 5.74) is 0.308. The highest BCUT2D eigenvalue weighted by atomic mass is 19.4. The van der Waals surface area contributed by atoms with E-state index in [0.29, 0.717) is 5.75 Å². The van der Waals surface area contributed by atoms with Gasteiger partial charge in [-0.2, -0.15) is 13.2 Å². The number of benzene rings is 3. The molecule has 1 fully saturated rings. The molecule has 3 aromatic rings. The first kappa shape index (κ1) is 28.5. The molecule has 6 nitrogen and oxygen atoms in total. The first-order valence-corrected chi connectivity index (χ1v) is 12.4. The predicted molar refractivity (Wildman–Crippen MR) is 142 cm³/mol. The van der Waals surface area contributed by atoms with Crippen LogP contribution in [0.1, 0.15) is 39.9 Å². The van der Waals surface area contributed by atoms with E-state index in [1.54, 1.807) is 24.3 Å². The van der Waals surface area contributed by atoms with E-state index in [4.69, 9.17) is 14.2 Å². The molecular formula is C31H27F3O6. The highest BCUT2D eigenvalue weighted by Crippen LogP contribution is 2.49. The van der Waals surface area contributed by atoms with Crippen molar-refractivity contribution in [2.24, 2.45) is 0 Å². The second kappa shape index (κ2) is 11.7. The topological polar surface area (TPSA) is 82.1 Å². The van der Waals surface area contributed by atoms with Crippen molar-refractivity contribution < 1.29 is 42.1 Å². The molecule has 40 heavy (non-hydrogen) atoms. The number of hydrogen-bond donors (Lipinski definition) is 1. The molecule has 0 aromatic heterocycles. The van der Waals surface area contributed by atoms with Crippen molar-refractivity contribution in [1.29, 1.82) is 0 Å². The van der Waals surface area contributed by atoms with Crippen LogP contribution in [0.5, 0.6) is 11.5 Å². The van der Waals surface area contributed by atoms with Crippen LogP contribution in [0.4, 0.5) is 13.2 Å². The Morgan fingerprint density at radius 1 is 0.875 bits per heavy atom. The van der Waals surface area contributed by atoms with Gasteiger partial charge in [0.1, 0.15) is 36.9 Å². The van der Waals surface area contributed by atoms with Gasteiger partial charge in [-0.25, -0.2) is 4.79 Å². The average molecular weight is 553 g/mol. The standard InChI is InChI=1S/C31H27F3O6/c1-3-17-38-27-25(31(32,33)34)14-9-22(26(27)28(35)36)19-40-24-12-7-21(8-13-24)20-5-10-23(11-6-20)30(15-16-30)29(37)39-18-4-2/h3-14H,1-2,15-19H2,(H,35,36). The van der Waals surface area contributed by atoms with Crippen LogP contribution in [0.2, 0.25) is 0 Å². The summed E-state index contributed by atoms with van der Waals surface area (Å²) in [5, 5.41) is 9.68. The number of rotatable bonds is 12. The first-order chi connectivity index (χ1) is 19.1. The van der Waals surface area contributed by atoms with Crippen LogP contribution >= 0.6 is 0 Å². The minimum absolute atomic E-state index is 0.0276. The highest BCUT2D eigenvalue weighted by molar-refractivity contribution is 5.93. The van der Waals surface area contributed by atoms with Gasteiger partial charge in [-0.1, -0.05) is 67.8 Å². The minimum Gasteiger partial charge on any atom is -0.489 e. The lowest BCUT2D eigenvalue weighted by Crippen LogP contribution is -2.23. The van der Waals surface area contributed by atoms with Crippen molar-refractivity contribution in [2.45, 2.75) is 31.0 Å². The monoisotopic (exact) mass is 552 g/mol. The molecule has 208 valence electrons. The lowest BCUT2D eigenvalue weighted by Gasteiger charge is -2.18. The van der Waals surface area contributed by atoms with Gasteiger partial charge in [-0.05, 0) is 47.7 Å². The summed E-state index contributed by atoms with van der Waals surface area (Å²) in [4.78, 5) is 24.4. The molecule has 0 atom stereocenters. The molecule has 1 N–H and O–H groups in total. The van der Waals surface area contributed by atoms with Crippen LogP contribution in [0, 0.1) is 0 Å². The van der Waals surface area contributed by atoms with Gasteiger partial charge in [0.05, 0.1) is 11.0 Å². The van der Waals surface area contributed by atoms with E-state index in [1.165, 1.54) is 12.2 Å². The Kier molecular flexibility index (Phi) is 8.32. The molecule has 0 spiro atoms. The lowest BCUT2D eigenvalue weighted by molar-refractivity contribution is -0.145. The quantitative estimate of drug-likeness (QED) is 0.193. The first-order valence-electron chi connectivity index (χ1n) is 12.4. The second-order valence-electron chi connectivity index (χ2n) is 9.24. The molecule has 0 bridgehead atoms. The van der Waals surface area contributed by atoms with Crippen LogP contribution in [0.15, 0.2) is 86.0 Å². The van der Waals surface area contributed by atoms with E-state index >= 15 is 0 Å². The smallest absolute Gasteiger partial charge is 0.419 e. The van der Waals surface area contributed by atoms with Gasteiger partial charge < -0.3 is 19.3 Å². The average Bonchev–Trinajstić information content (AvgIpc) is 3.75. The van der Waals surface area contributed by atoms with E-state index in [0.717, 1.165) is 41.7 Å². The van der Waals surface area contributed by atoms with Gasteiger partial charge in [0, 0.05) is 5.56 Å². The van der Waals surface area contributed by atoms with E-state index in [-0.39, 0.29) is 31.4 Å². The molecule has 1 aliphatic carbocycles. The number of ether oxygens (including phenoxy) is 3. The number of carbonyl (C=O) groups is 2. The lowest BCUT2D eigenvalue weighted by atomic mass is 9.94. The second-order valence-corrected chi connectivity index (χ2v) is 9.24. The van der Waals surface area contributed by atoms with Crippen molar-refractivity contribution in [2.75, 3.05) is 13.2 Å². The summed E-state index contributed by atoms with van der Waals surface area (Å²) in [6.07, 6.45) is -0.568. The molecule has 3 aromatic carbocycles. The molecular weight excluding hydrogens is 525 g/mol. The molecule has 0 amide bonds. The fourth-order valence-corrected chi connectivity index (χ4v) is 4.39. The number of carboxylic acid groups (broad SMARTS) is 1. The van der Waals surface area contributed by atoms with Crippen molar-refractivity contribution in [3.63, 3.8) is 0 Å². The van der Waals surface area contributed by atoms with Gasteiger partial charge in [0.25, 0.3) is 0 Å². The molecule has 4 rings (SSSR count). The fraction of sp³-hybridized carbons (Fsp3) is 0.226. The van der Waals surface area contributed by atoms with Crippen LogP contribution in [0.3, 0.4) is 0 Å². The van der Waals surface area contributed by atoms with Crippen LogP contribution in [0.25, 0.3) is 11.1 Å². The maximum absolute atomic E-state index is 13.5. The van der Waals surface area contributed by atoms with Gasteiger partial charge in [0.2, 0.25) is 0 Å². The summed E-state index contributed by atoms with van der Waals surface area (Å²) in [6, 6.07) is 16.5. The zero-order valence-electron chi connectivity index (χ0n) is 21.5. The van der Waals surface area contributed by atoms with E-state index in [1.807, 2.05) is 24.3 Å². The Labute approximate surface area is 229 Å². The molecule has 0 saturated heterocycles. The summed E-state index contributed by atoms with van der Waals surface area (Å²) in [7, 11) is 0. The van der Waals surface area contributed by atoms with E-state index in [9.17, 15) is 27.9 Å². The molecule has 0 radical (unpaired) electrons. The van der Waals surface area contributed by atoms with Crippen molar-refractivity contribution in [3.05, 3.63) is 108 Å². The van der Waals surface area contributed by atoms with E-state index in [2.05, 4.69) is 13.2 Å². The number of carbonyl (C=O) groups excluding carboxylic acids is 1. The van der Waals surface area contributed by atoms with Crippen LogP contribution < -0.4 is 9.47 Å². The number of aromatic carboxylic acids is 1. The third-order valence-corrected chi connectivity index (χ3v) is 6.60. The van der Waals surface area contributed by atoms with Crippen LogP contribution in [-0.4, -0.2) is 30.3 Å². The number of halogens is 3. The van der Waals surface area contributed by atoms with Gasteiger partial charge in [-0.3, -0.25) is 4.79 Å². The summed E-state index contributed by atoms with van der Waals surface area (Å²) < 4.78 is 56.6. The van der Waals surface area contributed by atoms with E-state index < -0.39 is 34.4 Å². The van der Waals surface area contributed by atoms with Gasteiger partial charge in [-0.15, -0.1) is 0 Å². The Bertz CT molecular complexity index is 1400. The number of carboxylic acids is 1. The Balaban J connectivity index is 1.48. The predicted octanol–water partition coefficient (Wildman–Crippen LogP) is 6.98. The van der Waals surface area contributed by atoms with Crippen molar-refractivity contribution in [1.82, 2.24) is 0 Å². The zero-order valence-corrected chi connectivity index (χ0v) is 21.5. The zero-order chi connectivity index (χ0) is 28.9. The van der Waals surface area contributed by atoms with Crippen molar-refractivity contribution in [3.8, 4) is 22.6 Å². The normalized spacial score (nSPS) is 13.7. The van der Waals surface area contributed by atoms with Gasteiger partial charge in [0.15, 0.2) is 0 Å². The number of hydrogen-bond acceptors (Lipinski definition) is 5. The molecule has 0 unspecified atom stereocenters. The Morgan fingerprint density at radius 3 is 2.00 bits per heavy atom. The maximum atomic E-state index is 13.5. The van der Waals surface area contributed by atoms with Crippen LogP contribution in [-0.2, 0) is 27.7 Å². The summed E-state index contributed by atoms with van der Waals surface area (Å²) in [6.45, 7) is 6.56. The largest absolute Gasteiger partial charge is 0.489 e. The van der Waals surface area contributed by atoms with Gasteiger partial charge >= 0.3 is 18.1 Å². The third-order valence-electron chi connectivity index (χ3n) is 6.60. The number of esters is 1. The molecule has 0 heterocycles. The molecule has 1 saturated carbocycles.